The summed E-state index contributed by atoms with van der Waals surface area (Å²) in [6.45, 7) is 8.51. The largest absolute Gasteiger partial charge is 0.494 e. The highest BCUT2D eigenvalue weighted by atomic mass is 32.1. The molecule has 0 aliphatic carbocycles. The lowest BCUT2D eigenvalue weighted by molar-refractivity contribution is -0.144. The van der Waals surface area contributed by atoms with E-state index >= 15 is 0 Å². The van der Waals surface area contributed by atoms with Gasteiger partial charge in [0.15, 0.2) is 0 Å². The first-order chi connectivity index (χ1) is 29.3. The van der Waals surface area contributed by atoms with E-state index in [1.54, 1.807) is 60.0 Å². The average Bonchev–Trinajstić information content (AvgIpc) is 4.04. The maximum atomic E-state index is 14.0. The summed E-state index contributed by atoms with van der Waals surface area (Å²) in [5, 5.41) is 25.9. The van der Waals surface area contributed by atoms with Crippen molar-refractivity contribution in [3.05, 3.63) is 95.4 Å². The van der Waals surface area contributed by atoms with Crippen molar-refractivity contribution in [2.24, 2.45) is 5.41 Å². The fraction of sp³-hybridized carbons (Fsp3) is 0.386. The van der Waals surface area contributed by atoms with Crippen LogP contribution in [0.1, 0.15) is 61.8 Å². The number of anilines is 1. The molecule has 4 heterocycles. The number of methoxy groups -OCH3 is 1. The number of aryl methyl sites for hydroxylation is 1. The third-order valence-electron chi connectivity index (χ3n) is 10.1. The van der Waals surface area contributed by atoms with E-state index in [0.717, 1.165) is 21.7 Å². The molecule has 1 aliphatic rings. The minimum Gasteiger partial charge on any atom is -0.494 e. The monoisotopic (exact) mass is 852 g/mol. The van der Waals surface area contributed by atoms with Gasteiger partial charge in [-0.25, -0.2) is 9.97 Å². The molecule has 0 radical (unpaired) electrons. The summed E-state index contributed by atoms with van der Waals surface area (Å²) >= 11 is 1.57. The van der Waals surface area contributed by atoms with Crippen molar-refractivity contribution >= 4 is 40.7 Å². The van der Waals surface area contributed by atoms with Gasteiger partial charge in [0.25, 0.3) is 5.91 Å². The lowest BCUT2D eigenvalue weighted by atomic mass is 9.85. The molecular weight excluding hydrogens is 801 g/mol. The first-order valence-electron chi connectivity index (χ1n) is 20.0. The number of hydrogen-bond acceptors (Lipinski definition) is 12. The molecule has 322 valence electrons. The SMILES string of the molecule is COc1cc(OCCOCCCC(=O)N[C@H](C(=O)N2C[C@H](O)C[C@H]2C(=O)NCc2ccc(-c3scnc3C)cc2)C(C)(C)C)ccc1NC(=O)c1cccc(-c2ccn[nH]2)n1. The Morgan fingerprint density at radius 3 is 2.54 bits per heavy atom. The molecule has 1 saturated heterocycles. The molecule has 16 nitrogen and oxygen atoms in total. The lowest BCUT2D eigenvalue weighted by Gasteiger charge is -2.35. The number of nitrogens with one attached hydrogen (secondary N) is 4. The number of hydrogen-bond donors (Lipinski definition) is 5. The number of β-amino-alcohol motifs (C(OH)–C–C–N with tert-alkyl or cyclic N) is 1. The number of amides is 4. The van der Waals surface area contributed by atoms with Crippen molar-refractivity contribution in [2.45, 2.75) is 71.7 Å². The van der Waals surface area contributed by atoms with Crippen LogP contribution in [0.2, 0.25) is 0 Å². The van der Waals surface area contributed by atoms with Gasteiger partial charge in [0, 0.05) is 44.8 Å². The molecule has 0 bridgehead atoms. The first-order valence-corrected chi connectivity index (χ1v) is 20.9. The summed E-state index contributed by atoms with van der Waals surface area (Å²) in [5.41, 5.74) is 5.98. The normalized spacial score (nSPS) is 15.5. The maximum absolute atomic E-state index is 14.0. The Hall–Kier alpha value is -6.17. The van der Waals surface area contributed by atoms with Crippen LogP contribution in [0.25, 0.3) is 21.8 Å². The Labute approximate surface area is 358 Å². The van der Waals surface area contributed by atoms with E-state index in [0.29, 0.717) is 35.0 Å². The molecular formula is C44H52N8O8S. The van der Waals surface area contributed by atoms with E-state index in [1.165, 1.54) is 12.0 Å². The second-order valence-corrected chi connectivity index (χ2v) is 16.6. The minimum absolute atomic E-state index is 0.00777. The van der Waals surface area contributed by atoms with Crippen molar-refractivity contribution in [3.8, 4) is 33.3 Å². The smallest absolute Gasteiger partial charge is 0.274 e. The molecule has 0 spiro atoms. The number of rotatable bonds is 18. The van der Waals surface area contributed by atoms with Crippen LogP contribution in [-0.4, -0.2) is 105 Å². The van der Waals surface area contributed by atoms with E-state index in [9.17, 15) is 24.3 Å². The number of ether oxygens (including phenoxy) is 3. The van der Waals surface area contributed by atoms with E-state index < -0.39 is 35.4 Å². The van der Waals surface area contributed by atoms with Gasteiger partial charge in [-0.15, -0.1) is 11.3 Å². The van der Waals surface area contributed by atoms with Crippen LogP contribution >= 0.6 is 11.3 Å². The predicted molar refractivity (Wildman–Crippen MR) is 230 cm³/mol. The second kappa shape index (κ2) is 20.4. The zero-order chi connectivity index (χ0) is 43.5. The molecule has 5 N–H and O–H groups in total. The molecule has 5 aromatic rings. The van der Waals surface area contributed by atoms with E-state index in [1.807, 2.05) is 57.5 Å². The molecule has 17 heteroatoms. The van der Waals surface area contributed by atoms with Gasteiger partial charge >= 0.3 is 0 Å². The number of carbonyl (C=O) groups is 4. The van der Waals surface area contributed by atoms with E-state index in [2.05, 4.69) is 36.1 Å². The summed E-state index contributed by atoms with van der Waals surface area (Å²) < 4.78 is 17.0. The van der Waals surface area contributed by atoms with E-state index in [4.69, 9.17) is 14.2 Å². The Morgan fingerprint density at radius 1 is 1.03 bits per heavy atom. The quantitative estimate of drug-likeness (QED) is 0.0729. The standard InChI is InChI=1S/C44H52N8O8S/c1-27-39(61-26-46-27)29-13-11-28(12-14-29)24-45-42(56)36-22-30(53)25-52(36)43(57)40(44(2,3)4)50-38(54)10-7-19-59-20-21-60-31-15-16-34(37(23-31)58-5)49-41(55)35-9-6-8-32(48-35)33-17-18-47-51-33/h6,8-9,11-18,23,26,30,36,40,53H,7,10,19-22,24-25H2,1-5H3,(H,45,56)(H,47,51)(H,49,55)(H,50,54)/t30-,36+,40-/m1/s1. The van der Waals surface area contributed by atoms with Gasteiger partial charge in [0.2, 0.25) is 17.7 Å². The van der Waals surface area contributed by atoms with Crippen molar-refractivity contribution in [1.82, 2.24) is 35.7 Å². The first kappa shape index (κ1) is 44.4. The Morgan fingerprint density at radius 2 is 1.84 bits per heavy atom. The molecule has 1 aliphatic heterocycles. The van der Waals surface area contributed by atoms with Gasteiger partial charge in [-0.2, -0.15) is 5.10 Å². The number of nitrogens with zero attached hydrogens (tertiary/aromatic N) is 4. The summed E-state index contributed by atoms with van der Waals surface area (Å²) in [4.78, 5) is 64.7. The van der Waals surface area contributed by atoms with Gasteiger partial charge in [0.05, 0.1) is 53.0 Å². The van der Waals surface area contributed by atoms with Gasteiger partial charge in [-0.1, -0.05) is 51.1 Å². The van der Waals surface area contributed by atoms with Crippen LogP contribution in [-0.2, 0) is 25.7 Å². The number of benzene rings is 2. The number of aliphatic hydroxyl groups excluding tert-OH is 1. The highest BCUT2D eigenvalue weighted by molar-refractivity contribution is 7.13. The van der Waals surface area contributed by atoms with Crippen LogP contribution in [0.15, 0.2) is 78.4 Å². The topological polar surface area (TPSA) is 210 Å². The molecule has 61 heavy (non-hydrogen) atoms. The molecule has 2 aromatic carbocycles. The Bertz CT molecular complexity index is 2280. The minimum atomic E-state index is -0.926. The van der Waals surface area contributed by atoms with Gasteiger partial charge < -0.3 is 40.2 Å². The summed E-state index contributed by atoms with van der Waals surface area (Å²) in [6, 6.07) is 18.0. The number of likely N-dealkylation sites (tertiary alicyclic amines) is 1. The number of aliphatic hydroxyl groups is 1. The Balaban J connectivity index is 0.919. The molecule has 3 aromatic heterocycles. The predicted octanol–water partition coefficient (Wildman–Crippen LogP) is 5.15. The van der Waals surface area contributed by atoms with Crippen LogP contribution < -0.4 is 25.4 Å². The van der Waals surface area contributed by atoms with Gasteiger partial charge in [-0.3, -0.25) is 24.3 Å². The number of carbonyl (C=O) groups excluding carboxylic acids is 4. The summed E-state index contributed by atoms with van der Waals surface area (Å²) in [5.74, 6) is -0.618. The lowest BCUT2D eigenvalue weighted by Crippen LogP contribution is -2.57. The average molecular weight is 853 g/mol. The highest BCUT2D eigenvalue weighted by Crippen LogP contribution is 2.31. The zero-order valence-corrected chi connectivity index (χ0v) is 35.7. The number of thiazole rings is 1. The fourth-order valence-electron chi connectivity index (χ4n) is 6.83. The van der Waals surface area contributed by atoms with Crippen molar-refractivity contribution in [2.75, 3.05) is 38.8 Å². The van der Waals surface area contributed by atoms with Gasteiger partial charge in [0.1, 0.15) is 35.9 Å². The van der Waals surface area contributed by atoms with Crippen LogP contribution in [0, 0.1) is 12.3 Å². The van der Waals surface area contributed by atoms with Crippen LogP contribution in [0.4, 0.5) is 5.69 Å². The molecule has 4 amide bonds. The third-order valence-corrected chi connectivity index (χ3v) is 11.1. The number of H-pyrrole nitrogens is 1. The highest BCUT2D eigenvalue weighted by Gasteiger charge is 2.44. The molecule has 1 fully saturated rings. The maximum Gasteiger partial charge on any atom is 0.274 e. The van der Waals surface area contributed by atoms with Gasteiger partial charge in [-0.05, 0) is 60.2 Å². The fourth-order valence-corrected chi connectivity index (χ4v) is 7.64. The molecule has 0 saturated carbocycles. The van der Waals surface area contributed by atoms with E-state index in [-0.39, 0.29) is 63.3 Å². The molecule has 0 unspecified atom stereocenters. The van der Waals surface area contributed by atoms with Crippen LogP contribution in [0.3, 0.4) is 0 Å². The molecule has 6 rings (SSSR count). The summed E-state index contributed by atoms with van der Waals surface area (Å²) in [6.07, 6.45) is 1.36. The number of pyridine rings is 1. The molecule has 3 atom stereocenters. The second-order valence-electron chi connectivity index (χ2n) is 15.7. The number of aromatic amines is 1. The zero-order valence-electron chi connectivity index (χ0n) is 34.9. The number of aromatic nitrogens is 4. The van der Waals surface area contributed by atoms with Crippen molar-refractivity contribution in [3.63, 3.8) is 0 Å². The third kappa shape index (κ3) is 11.8. The van der Waals surface area contributed by atoms with Crippen molar-refractivity contribution < 1.29 is 38.5 Å². The summed E-state index contributed by atoms with van der Waals surface area (Å²) in [7, 11) is 1.49. The van der Waals surface area contributed by atoms with Crippen molar-refractivity contribution in [1.29, 1.82) is 0 Å². The van der Waals surface area contributed by atoms with Crippen LogP contribution in [0.5, 0.6) is 11.5 Å². The Kier molecular flexibility index (Phi) is 14.8.